The van der Waals surface area contributed by atoms with E-state index in [0.717, 1.165) is 3.57 Å². The summed E-state index contributed by atoms with van der Waals surface area (Å²) in [5.74, 6) is -0.556. The lowest BCUT2D eigenvalue weighted by atomic mass is 9.97. The van der Waals surface area contributed by atoms with E-state index in [1.165, 1.54) is 13.2 Å². The van der Waals surface area contributed by atoms with Gasteiger partial charge >= 0.3 is 0 Å². The molecule has 0 aliphatic carbocycles. The Kier molecular flexibility index (Phi) is 6.61. The monoisotopic (exact) mass is 535 g/mol. The fourth-order valence-corrected chi connectivity index (χ4v) is 4.47. The molecule has 0 fully saturated rings. The Morgan fingerprint density at radius 2 is 2.07 bits per heavy atom. The SMILES string of the molecule is COc1c2c(cc(Cc3ccc(I)cc3F)c1NS(=O)(=O)NCCO)C(=O)NC2. The van der Waals surface area contributed by atoms with Gasteiger partial charge in [-0.25, -0.2) is 4.39 Å². The van der Waals surface area contributed by atoms with Crippen molar-refractivity contribution in [2.75, 3.05) is 25.0 Å². The van der Waals surface area contributed by atoms with Gasteiger partial charge in [-0.15, -0.1) is 0 Å². The van der Waals surface area contributed by atoms with Crippen molar-refractivity contribution < 1.29 is 27.4 Å². The lowest BCUT2D eigenvalue weighted by molar-refractivity contribution is 0.0965. The standard InChI is InChI=1S/C18H19FIN3O5S/c1-28-17-14-9-21-18(25)13(14)7-11(6-10-2-3-12(20)8-15(10)19)16(17)23-29(26,27)22-4-5-24/h2-3,7-8,22-24H,4-6,9H2,1H3,(H,21,25). The summed E-state index contributed by atoms with van der Waals surface area (Å²) < 4.78 is 49.9. The lowest BCUT2D eigenvalue weighted by Gasteiger charge is -2.19. The Morgan fingerprint density at radius 1 is 1.31 bits per heavy atom. The number of nitrogens with one attached hydrogen (secondary N) is 3. The number of amides is 1. The highest BCUT2D eigenvalue weighted by molar-refractivity contribution is 14.1. The van der Waals surface area contributed by atoms with Gasteiger partial charge in [-0.3, -0.25) is 9.52 Å². The van der Waals surface area contributed by atoms with Crippen LogP contribution in [0.5, 0.6) is 5.75 Å². The second-order valence-electron chi connectivity index (χ2n) is 6.29. The van der Waals surface area contributed by atoms with Crippen LogP contribution in [0, 0.1) is 9.39 Å². The van der Waals surface area contributed by atoms with Gasteiger partial charge in [-0.05, 0) is 51.9 Å². The number of carbonyl (C=O) groups is 1. The number of rotatable bonds is 8. The van der Waals surface area contributed by atoms with Gasteiger partial charge in [0.25, 0.3) is 16.1 Å². The van der Waals surface area contributed by atoms with Crippen LogP contribution in [-0.4, -0.2) is 39.7 Å². The van der Waals surface area contributed by atoms with Gasteiger partial charge in [0.1, 0.15) is 11.6 Å². The van der Waals surface area contributed by atoms with E-state index in [1.807, 2.05) is 22.6 Å². The number of ether oxygens (including phenoxy) is 1. The van der Waals surface area contributed by atoms with Crippen molar-refractivity contribution in [3.63, 3.8) is 0 Å². The molecule has 3 rings (SSSR count). The number of halogens is 2. The highest BCUT2D eigenvalue weighted by Gasteiger charge is 2.29. The minimum absolute atomic E-state index is 0.0392. The van der Waals surface area contributed by atoms with E-state index in [0.29, 0.717) is 22.3 Å². The van der Waals surface area contributed by atoms with Crippen molar-refractivity contribution in [2.24, 2.45) is 0 Å². The molecule has 1 heterocycles. The zero-order chi connectivity index (χ0) is 21.2. The van der Waals surface area contributed by atoms with Gasteiger partial charge in [0, 0.05) is 34.2 Å². The molecule has 0 radical (unpaired) electrons. The Balaban J connectivity index is 2.12. The van der Waals surface area contributed by atoms with Crippen molar-refractivity contribution in [1.82, 2.24) is 10.0 Å². The molecule has 0 spiro atoms. The van der Waals surface area contributed by atoms with Gasteiger partial charge in [0.15, 0.2) is 0 Å². The Labute approximate surface area is 181 Å². The molecule has 156 valence electrons. The van der Waals surface area contributed by atoms with Crippen molar-refractivity contribution in [1.29, 1.82) is 0 Å². The highest BCUT2D eigenvalue weighted by Crippen LogP contribution is 2.39. The first-order valence-electron chi connectivity index (χ1n) is 8.59. The minimum atomic E-state index is -4.03. The quantitative estimate of drug-likeness (QED) is 0.383. The molecule has 1 amide bonds. The molecule has 1 aliphatic heterocycles. The first kappa shape index (κ1) is 21.7. The Morgan fingerprint density at radius 3 is 2.72 bits per heavy atom. The Hall–Kier alpha value is -1.96. The third-order valence-electron chi connectivity index (χ3n) is 4.38. The average molecular weight is 535 g/mol. The zero-order valence-electron chi connectivity index (χ0n) is 15.4. The van der Waals surface area contributed by atoms with Gasteiger partial charge in [0.2, 0.25) is 0 Å². The predicted molar refractivity (Wildman–Crippen MR) is 114 cm³/mol. The summed E-state index contributed by atoms with van der Waals surface area (Å²) in [4.78, 5) is 12.2. The van der Waals surface area contributed by atoms with E-state index in [4.69, 9.17) is 9.84 Å². The van der Waals surface area contributed by atoms with Gasteiger partial charge in [-0.2, -0.15) is 13.1 Å². The maximum atomic E-state index is 14.4. The molecule has 29 heavy (non-hydrogen) atoms. The summed E-state index contributed by atoms with van der Waals surface area (Å²) in [5.41, 5.74) is 1.71. The summed E-state index contributed by atoms with van der Waals surface area (Å²) in [5, 5.41) is 11.6. The molecular weight excluding hydrogens is 516 g/mol. The van der Waals surface area contributed by atoms with Crippen LogP contribution in [0.25, 0.3) is 0 Å². The second-order valence-corrected chi connectivity index (χ2v) is 9.03. The number of methoxy groups -OCH3 is 1. The topological polar surface area (TPSA) is 117 Å². The molecular formula is C18H19FIN3O5S. The van der Waals surface area contributed by atoms with Crippen LogP contribution in [-0.2, 0) is 23.2 Å². The molecule has 8 nitrogen and oxygen atoms in total. The van der Waals surface area contributed by atoms with Crippen LogP contribution in [0.4, 0.5) is 10.1 Å². The van der Waals surface area contributed by atoms with Crippen molar-refractivity contribution in [3.8, 4) is 5.75 Å². The summed E-state index contributed by atoms with van der Waals surface area (Å²) in [6.45, 7) is -0.362. The summed E-state index contributed by atoms with van der Waals surface area (Å²) >= 11 is 2.00. The van der Waals surface area contributed by atoms with Crippen LogP contribution in [0.3, 0.4) is 0 Å². The van der Waals surface area contributed by atoms with Crippen molar-refractivity contribution in [2.45, 2.75) is 13.0 Å². The second kappa shape index (κ2) is 8.81. The largest absolute Gasteiger partial charge is 0.494 e. The van der Waals surface area contributed by atoms with Crippen LogP contribution >= 0.6 is 22.6 Å². The van der Waals surface area contributed by atoms with Gasteiger partial charge < -0.3 is 15.2 Å². The highest BCUT2D eigenvalue weighted by atomic mass is 127. The number of aliphatic hydroxyl groups excluding tert-OH is 1. The molecule has 0 aromatic heterocycles. The molecule has 1 aliphatic rings. The normalized spacial score (nSPS) is 13.2. The minimum Gasteiger partial charge on any atom is -0.494 e. The van der Waals surface area contributed by atoms with Crippen LogP contribution in [0.2, 0.25) is 0 Å². The number of benzene rings is 2. The maximum absolute atomic E-state index is 14.4. The fourth-order valence-electron chi connectivity index (χ4n) is 3.09. The molecule has 0 atom stereocenters. The predicted octanol–water partition coefficient (Wildman–Crippen LogP) is 1.51. The average Bonchev–Trinajstić information content (AvgIpc) is 3.03. The molecule has 0 saturated heterocycles. The van der Waals surface area contributed by atoms with E-state index >= 15 is 0 Å². The number of fused-ring (bicyclic) bond motifs is 1. The molecule has 0 bridgehead atoms. The molecule has 2 aromatic carbocycles. The van der Waals surface area contributed by atoms with Crippen LogP contribution < -0.4 is 19.5 Å². The summed E-state index contributed by atoms with van der Waals surface area (Å²) in [6.07, 6.45) is 0.0392. The van der Waals surface area contributed by atoms with Crippen LogP contribution in [0.1, 0.15) is 27.0 Å². The van der Waals surface area contributed by atoms with E-state index in [9.17, 15) is 17.6 Å². The smallest absolute Gasteiger partial charge is 0.299 e. The number of hydrogen-bond acceptors (Lipinski definition) is 5. The molecule has 0 unspecified atom stereocenters. The lowest BCUT2D eigenvalue weighted by Crippen LogP contribution is -2.32. The number of carbonyl (C=O) groups excluding carboxylic acids is 1. The van der Waals surface area contributed by atoms with E-state index in [1.54, 1.807) is 18.2 Å². The Bertz CT molecular complexity index is 1060. The van der Waals surface area contributed by atoms with Crippen molar-refractivity contribution >= 4 is 44.4 Å². The van der Waals surface area contributed by atoms with Gasteiger partial charge in [0.05, 0.1) is 19.4 Å². The van der Waals surface area contributed by atoms with Gasteiger partial charge in [-0.1, -0.05) is 6.07 Å². The van der Waals surface area contributed by atoms with E-state index in [2.05, 4.69) is 14.8 Å². The molecule has 4 N–H and O–H groups in total. The van der Waals surface area contributed by atoms with Crippen molar-refractivity contribution in [3.05, 3.63) is 55.9 Å². The van der Waals surface area contributed by atoms with E-state index in [-0.39, 0.29) is 43.5 Å². The third kappa shape index (κ3) is 4.79. The van der Waals surface area contributed by atoms with E-state index < -0.39 is 16.0 Å². The summed E-state index contributed by atoms with van der Waals surface area (Å²) in [7, 11) is -2.66. The first-order chi connectivity index (χ1) is 13.8. The third-order valence-corrected chi connectivity index (χ3v) is 6.10. The first-order valence-corrected chi connectivity index (χ1v) is 11.1. The molecule has 2 aromatic rings. The number of anilines is 1. The molecule has 0 saturated carbocycles. The fraction of sp³-hybridized carbons (Fsp3) is 0.278. The number of hydrogen-bond donors (Lipinski definition) is 4. The molecule has 11 heteroatoms. The maximum Gasteiger partial charge on any atom is 0.299 e. The zero-order valence-corrected chi connectivity index (χ0v) is 18.4. The number of aliphatic hydroxyl groups is 1. The van der Waals surface area contributed by atoms with Crippen LogP contribution in [0.15, 0.2) is 24.3 Å². The summed E-state index contributed by atoms with van der Waals surface area (Å²) in [6, 6.07) is 6.27.